The number of nitrogens with one attached hydrogen (secondary N) is 1. The highest BCUT2D eigenvalue weighted by Crippen LogP contribution is 2.31. The van der Waals surface area contributed by atoms with Gasteiger partial charge in [0, 0.05) is 32.6 Å². The van der Waals surface area contributed by atoms with Gasteiger partial charge in [-0.2, -0.15) is 0 Å². The quantitative estimate of drug-likeness (QED) is 0.501. The van der Waals surface area contributed by atoms with Gasteiger partial charge in [-0.1, -0.05) is 42.0 Å². The average molecular weight is 479 g/mol. The Morgan fingerprint density at radius 1 is 0.971 bits per heavy atom. The van der Waals surface area contributed by atoms with Gasteiger partial charge in [0.25, 0.3) is 11.1 Å². The number of hydrogen-bond donors (Lipinski definition) is 1. The van der Waals surface area contributed by atoms with Crippen LogP contribution >= 0.6 is 11.8 Å². The Morgan fingerprint density at radius 2 is 1.65 bits per heavy atom. The number of thioether (sulfide) groups is 1. The summed E-state index contributed by atoms with van der Waals surface area (Å²) in [5.74, 6) is -0.605. The molecule has 0 radical (unpaired) electrons. The molecule has 2 heterocycles. The molecule has 1 N–H and O–H groups in total. The summed E-state index contributed by atoms with van der Waals surface area (Å²) in [4.78, 5) is 51.5. The first kappa shape index (κ1) is 23.6. The summed E-state index contributed by atoms with van der Waals surface area (Å²) in [6.07, 6.45) is 1.82. The molecule has 0 aliphatic carbocycles. The second-order valence-corrected chi connectivity index (χ2v) is 9.00. The van der Waals surface area contributed by atoms with E-state index in [1.54, 1.807) is 15.2 Å². The molecule has 1 aliphatic heterocycles. The number of nitrogens with zero attached hydrogens (tertiary/aromatic N) is 3. The normalized spacial score (nSPS) is 15.0. The average Bonchev–Trinajstić information content (AvgIpc) is 3.25. The summed E-state index contributed by atoms with van der Waals surface area (Å²) in [5, 5.41) is 2.39. The van der Waals surface area contributed by atoms with Gasteiger partial charge in [-0.05, 0) is 49.4 Å². The number of rotatable bonds is 8. The minimum Gasteiger partial charge on any atom is -0.354 e. The maximum Gasteiger partial charge on any atom is 0.329 e. The molecule has 0 spiro atoms. The molecule has 8 nitrogen and oxygen atoms in total. The number of fused-ring (bicyclic) bond motifs is 1. The topological polar surface area (TPSA) is 93.4 Å². The highest BCUT2D eigenvalue weighted by Gasteiger charge is 2.34. The van der Waals surface area contributed by atoms with Crippen LogP contribution in [0.1, 0.15) is 24.5 Å². The number of aryl methyl sites for hydroxylation is 3. The Hall–Kier alpha value is -3.59. The molecule has 0 saturated carbocycles. The molecule has 4 rings (SSSR count). The van der Waals surface area contributed by atoms with E-state index >= 15 is 0 Å². The number of aromatic nitrogens is 2. The second kappa shape index (κ2) is 10.1. The lowest BCUT2D eigenvalue weighted by molar-refractivity contribution is -0.124. The first-order valence-electron chi connectivity index (χ1n) is 11.2. The molecule has 34 heavy (non-hydrogen) atoms. The Bertz CT molecular complexity index is 1340. The molecule has 1 aliphatic rings. The zero-order valence-electron chi connectivity index (χ0n) is 19.1. The van der Waals surface area contributed by atoms with Crippen LogP contribution in [0.5, 0.6) is 0 Å². The molecular formula is C25H26N4O4S. The van der Waals surface area contributed by atoms with Crippen molar-refractivity contribution in [1.29, 1.82) is 0 Å². The molecule has 2 aromatic carbocycles. The third-order valence-electron chi connectivity index (χ3n) is 5.71. The van der Waals surface area contributed by atoms with E-state index in [1.165, 1.54) is 0 Å². The number of benzene rings is 2. The third kappa shape index (κ3) is 4.84. The molecule has 0 atom stereocenters. The van der Waals surface area contributed by atoms with Gasteiger partial charge in [0.2, 0.25) is 5.91 Å². The van der Waals surface area contributed by atoms with Crippen LogP contribution in [0.25, 0.3) is 17.1 Å². The molecule has 1 saturated heterocycles. The number of carbonyl (C=O) groups excluding carboxylic acids is 3. The van der Waals surface area contributed by atoms with Gasteiger partial charge in [-0.25, -0.2) is 4.79 Å². The zero-order valence-corrected chi connectivity index (χ0v) is 19.9. The number of para-hydroxylation sites is 2. The fourth-order valence-corrected chi connectivity index (χ4v) is 4.77. The van der Waals surface area contributed by atoms with Crippen molar-refractivity contribution in [3.63, 3.8) is 0 Å². The van der Waals surface area contributed by atoms with Crippen molar-refractivity contribution in [3.05, 3.63) is 75.0 Å². The van der Waals surface area contributed by atoms with Crippen molar-refractivity contribution in [2.24, 2.45) is 0 Å². The van der Waals surface area contributed by atoms with Gasteiger partial charge >= 0.3 is 5.69 Å². The lowest BCUT2D eigenvalue weighted by atomic mass is 10.1. The Morgan fingerprint density at radius 3 is 2.32 bits per heavy atom. The van der Waals surface area contributed by atoms with Crippen molar-refractivity contribution in [2.45, 2.75) is 33.4 Å². The van der Waals surface area contributed by atoms with E-state index in [1.807, 2.05) is 62.4 Å². The first-order valence-corrected chi connectivity index (χ1v) is 12.0. The number of carbonyl (C=O) groups is 3. The number of amides is 3. The van der Waals surface area contributed by atoms with Crippen molar-refractivity contribution < 1.29 is 14.4 Å². The first-order chi connectivity index (χ1) is 16.4. The number of imide groups is 1. The van der Waals surface area contributed by atoms with Crippen LogP contribution in [-0.4, -0.2) is 44.2 Å². The van der Waals surface area contributed by atoms with Crippen molar-refractivity contribution in [1.82, 2.24) is 19.4 Å². The van der Waals surface area contributed by atoms with Crippen molar-refractivity contribution >= 4 is 45.9 Å². The monoisotopic (exact) mass is 478 g/mol. The van der Waals surface area contributed by atoms with E-state index in [0.717, 1.165) is 38.8 Å². The summed E-state index contributed by atoms with van der Waals surface area (Å²) in [7, 11) is 0. The Kier molecular flexibility index (Phi) is 7.02. The molecule has 0 unspecified atom stereocenters. The van der Waals surface area contributed by atoms with Crippen LogP contribution in [0.4, 0.5) is 4.79 Å². The summed E-state index contributed by atoms with van der Waals surface area (Å²) in [6.45, 7) is 4.93. The predicted octanol–water partition coefficient (Wildman–Crippen LogP) is 3.37. The Labute approximate surface area is 201 Å². The number of hydrogen-bond acceptors (Lipinski definition) is 5. The van der Waals surface area contributed by atoms with Gasteiger partial charge in [0.1, 0.15) is 0 Å². The minimum absolute atomic E-state index is 0.0940. The second-order valence-electron chi connectivity index (χ2n) is 8.01. The van der Waals surface area contributed by atoms with Gasteiger partial charge in [0.05, 0.1) is 15.9 Å². The number of imidazole rings is 1. The van der Waals surface area contributed by atoms with E-state index in [9.17, 15) is 19.2 Å². The zero-order chi connectivity index (χ0) is 24.2. The molecule has 9 heteroatoms. The van der Waals surface area contributed by atoms with Gasteiger partial charge < -0.3 is 5.32 Å². The van der Waals surface area contributed by atoms with Gasteiger partial charge in [-0.15, -0.1) is 0 Å². The summed E-state index contributed by atoms with van der Waals surface area (Å²) >= 11 is 0.900. The molecule has 0 bridgehead atoms. The van der Waals surface area contributed by atoms with E-state index < -0.39 is 0 Å². The lowest BCUT2D eigenvalue weighted by Crippen LogP contribution is -2.37. The van der Waals surface area contributed by atoms with Crippen LogP contribution in [-0.2, 0) is 22.7 Å². The van der Waals surface area contributed by atoms with Crippen LogP contribution < -0.4 is 11.0 Å². The lowest BCUT2D eigenvalue weighted by Gasteiger charge is -2.13. The molecule has 176 valence electrons. The minimum atomic E-state index is -0.358. The summed E-state index contributed by atoms with van der Waals surface area (Å²) < 4.78 is 3.28. The molecule has 1 fully saturated rings. The predicted molar refractivity (Wildman–Crippen MR) is 133 cm³/mol. The maximum atomic E-state index is 12.7. The third-order valence-corrected chi connectivity index (χ3v) is 6.62. The van der Waals surface area contributed by atoms with Crippen molar-refractivity contribution in [3.8, 4) is 0 Å². The van der Waals surface area contributed by atoms with E-state index in [2.05, 4.69) is 5.32 Å². The standard InChI is InChI=1S/C25H26N4O4S/c1-3-27-19-6-4-5-7-20(19)28(24(27)32)14-12-22(30)26-13-15-29-23(31)21(34-25(29)33)16-18-10-8-17(2)9-11-18/h4-11,16H,3,12-15H2,1-2H3,(H,26,30)/b21-16-. The smallest absolute Gasteiger partial charge is 0.329 e. The SMILES string of the molecule is CCn1c(=O)n(CCC(=O)NCCN2C(=O)S/C(=C\c3ccc(C)cc3)C2=O)c2ccccc21. The fraction of sp³-hybridized carbons (Fsp3) is 0.280. The highest BCUT2D eigenvalue weighted by atomic mass is 32.2. The van der Waals surface area contributed by atoms with Gasteiger partial charge in [-0.3, -0.25) is 28.4 Å². The fourth-order valence-electron chi connectivity index (χ4n) is 3.91. The Balaban J connectivity index is 1.31. The van der Waals surface area contributed by atoms with Crippen LogP contribution in [0.15, 0.2) is 58.2 Å². The van der Waals surface area contributed by atoms with Crippen LogP contribution in [0.2, 0.25) is 0 Å². The molecular weight excluding hydrogens is 452 g/mol. The van der Waals surface area contributed by atoms with Crippen LogP contribution in [0.3, 0.4) is 0 Å². The molecule has 3 amide bonds. The van der Waals surface area contributed by atoms with Crippen LogP contribution in [0, 0.1) is 6.92 Å². The van der Waals surface area contributed by atoms with Gasteiger partial charge in [0.15, 0.2) is 0 Å². The molecule has 3 aromatic rings. The van der Waals surface area contributed by atoms with E-state index in [0.29, 0.717) is 11.4 Å². The largest absolute Gasteiger partial charge is 0.354 e. The van der Waals surface area contributed by atoms with E-state index in [4.69, 9.17) is 0 Å². The van der Waals surface area contributed by atoms with Crippen molar-refractivity contribution in [2.75, 3.05) is 13.1 Å². The van der Waals surface area contributed by atoms with E-state index in [-0.39, 0.29) is 48.8 Å². The summed E-state index contributed by atoms with van der Waals surface area (Å²) in [6, 6.07) is 15.2. The molecule has 1 aromatic heterocycles. The highest BCUT2D eigenvalue weighted by molar-refractivity contribution is 8.18. The maximum absolute atomic E-state index is 12.7. The summed E-state index contributed by atoms with van der Waals surface area (Å²) in [5.41, 5.74) is 3.45.